The highest BCUT2D eigenvalue weighted by molar-refractivity contribution is 5.37. The van der Waals surface area contributed by atoms with Gasteiger partial charge < -0.3 is 19.1 Å². The summed E-state index contributed by atoms with van der Waals surface area (Å²) in [5, 5.41) is 0. The Morgan fingerprint density at radius 2 is 1.92 bits per heavy atom. The van der Waals surface area contributed by atoms with Crippen molar-refractivity contribution < 1.29 is 18.6 Å². The van der Waals surface area contributed by atoms with Gasteiger partial charge in [-0.2, -0.15) is 0 Å². The van der Waals surface area contributed by atoms with E-state index in [9.17, 15) is 4.39 Å². The number of rotatable bonds is 4. The number of aromatic nitrogens is 2. The monoisotopic (exact) mass is 337 g/mol. The molecular formula is C17H24FN3O3. The summed E-state index contributed by atoms with van der Waals surface area (Å²) in [6.45, 7) is 4.77. The van der Waals surface area contributed by atoms with Gasteiger partial charge in [0, 0.05) is 32.8 Å². The van der Waals surface area contributed by atoms with E-state index in [2.05, 4.69) is 9.97 Å². The van der Waals surface area contributed by atoms with Crippen LogP contribution in [0.2, 0.25) is 0 Å². The number of anilines is 1. The Hall–Kier alpha value is -1.31. The van der Waals surface area contributed by atoms with E-state index in [1.54, 1.807) is 0 Å². The molecule has 1 aromatic rings. The third-order valence-electron chi connectivity index (χ3n) is 5.20. The summed E-state index contributed by atoms with van der Waals surface area (Å²) >= 11 is 0. The lowest BCUT2D eigenvalue weighted by Crippen LogP contribution is -2.66. The predicted octanol–water partition coefficient (Wildman–Crippen LogP) is 1.80. The van der Waals surface area contributed by atoms with Gasteiger partial charge in [0.25, 0.3) is 0 Å². The fourth-order valence-corrected chi connectivity index (χ4v) is 3.79. The van der Waals surface area contributed by atoms with E-state index in [1.807, 2.05) is 4.90 Å². The van der Waals surface area contributed by atoms with Crippen LogP contribution < -0.4 is 4.90 Å². The van der Waals surface area contributed by atoms with Crippen LogP contribution in [0.3, 0.4) is 0 Å². The first-order valence-corrected chi connectivity index (χ1v) is 8.78. The highest BCUT2D eigenvalue weighted by Crippen LogP contribution is 2.37. The van der Waals surface area contributed by atoms with E-state index < -0.39 is 5.82 Å². The standard InChI is InChI=1S/C17H24FN3O3/c18-14-8-19-16(20-9-14)21-11-17(12-21)7-15(3-6-24-17)23-10-13-1-4-22-5-2-13/h8-9,13,15H,1-7,10-12H2. The van der Waals surface area contributed by atoms with Gasteiger partial charge in [0.05, 0.1) is 31.6 Å². The minimum atomic E-state index is -0.413. The zero-order valence-corrected chi connectivity index (χ0v) is 13.8. The molecule has 4 heterocycles. The molecule has 3 fully saturated rings. The highest BCUT2D eigenvalue weighted by atomic mass is 19.1. The summed E-state index contributed by atoms with van der Waals surface area (Å²) in [5.74, 6) is 0.781. The fraction of sp³-hybridized carbons (Fsp3) is 0.765. The van der Waals surface area contributed by atoms with Crippen molar-refractivity contribution in [3.63, 3.8) is 0 Å². The maximum absolute atomic E-state index is 12.9. The third-order valence-corrected chi connectivity index (χ3v) is 5.20. The van der Waals surface area contributed by atoms with Crippen LogP contribution in [-0.2, 0) is 14.2 Å². The van der Waals surface area contributed by atoms with Crippen LogP contribution in [0.1, 0.15) is 25.7 Å². The molecule has 4 rings (SSSR count). The molecule has 6 nitrogen and oxygen atoms in total. The van der Waals surface area contributed by atoms with Gasteiger partial charge >= 0.3 is 0 Å². The fourth-order valence-electron chi connectivity index (χ4n) is 3.79. The Morgan fingerprint density at radius 1 is 1.17 bits per heavy atom. The van der Waals surface area contributed by atoms with Crippen molar-refractivity contribution in [1.29, 1.82) is 0 Å². The molecule has 3 aliphatic heterocycles. The molecule has 1 aromatic heterocycles. The summed E-state index contributed by atoms with van der Waals surface area (Å²) in [5.41, 5.74) is -0.156. The van der Waals surface area contributed by atoms with Crippen molar-refractivity contribution in [2.45, 2.75) is 37.4 Å². The van der Waals surface area contributed by atoms with Crippen molar-refractivity contribution >= 4 is 5.95 Å². The molecule has 24 heavy (non-hydrogen) atoms. The second kappa shape index (κ2) is 6.90. The Bertz CT molecular complexity index is 545. The zero-order chi connectivity index (χ0) is 16.4. The minimum Gasteiger partial charge on any atom is -0.381 e. The SMILES string of the molecule is Fc1cnc(N2CC3(CC(OCC4CCOCC4)CCO3)C2)nc1. The van der Waals surface area contributed by atoms with Crippen LogP contribution >= 0.6 is 0 Å². The molecule has 0 aliphatic carbocycles. The predicted molar refractivity (Wildman–Crippen MR) is 85.4 cm³/mol. The first-order chi connectivity index (χ1) is 11.7. The van der Waals surface area contributed by atoms with Crippen molar-refractivity contribution in [1.82, 2.24) is 9.97 Å². The smallest absolute Gasteiger partial charge is 0.225 e. The molecule has 1 unspecified atom stereocenters. The summed E-state index contributed by atoms with van der Waals surface area (Å²) in [4.78, 5) is 10.1. The molecule has 0 amide bonds. The average molecular weight is 337 g/mol. The first-order valence-electron chi connectivity index (χ1n) is 8.78. The van der Waals surface area contributed by atoms with Crippen LogP contribution in [0.4, 0.5) is 10.3 Å². The van der Waals surface area contributed by atoms with Crippen LogP contribution in [0, 0.1) is 11.7 Å². The Kier molecular flexibility index (Phi) is 4.65. The second-order valence-corrected chi connectivity index (χ2v) is 7.09. The van der Waals surface area contributed by atoms with E-state index in [4.69, 9.17) is 14.2 Å². The van der Waals surface area contributed by atoms with Gasteiger partial charge in [-0.15, -0.1) is 0 Å². The van der Waals surface area contributed by atoms with Gasteiger partial charge in [-0.1, -0.05) is 0 Å². The Morgan fingerprint density at radius 3 is 2.67 bits per heavy atom. The molecule has 1 spiro atoms. The van der Waals surface area contributed by atoms with Crippen LogP contribution in [0.15, 0.2) is 12.4 Å². The van der Waals surface area contributed by atoms with E-state index >= 15 is 0 Å². The molecule has 0 N–H and O–H groups in total. The number of ether oxygens (including phenoxy) is 3. The molecule has 1 atom stereocenters. The van der Waals surface area contributed by atoms with Gasteiger partial charge in [-0.3, -0.25) is 0 Å². The van der Waals surface area contributed by atoms with Gasteiger partial charge in [0.15, 0.2) is 5.82 Å². The Labute approximate surface area is 141 Å². The van der Waals surface area contributed by atoms with Gasteiger partial charge in [0.2, 0.25) is 5.95 Å². The molecule has 0 bridgehead atoms. The molecule has 3 saturated heterocycles. The molecule has 3 aliphatic rings. The van der Waals surface area contributed by atoms with Gasteiger partial charge in [-0.05, 0) is 25.2 Å². The number of halogens is 1. The zero-order valence-electron chi connectivity index (χ0n) is 13.8. The van der Waals surface area contributed by atoms with Gasteiger partial charge in [-0.25, -0.2) is 14.4 Å². The van der Waals surface area contributed by atoms with Gasteiger partial charge in [0.1, 0.15) is 5.60 Å². The normalized spacial score (nSPS) is 27.2. The molecule has 0 radical (unpaired) electrons. The van der Waals surface area contributed by atoms with E-state index in [-0.39, 0.29) is 11.7 Å². The quantitative estimate of drug-likeness (QED) is 0.835. The minimum absolute atomic E-state index is 0.156. The summed E-state index contributed by atoms with van der Waals surface area (Å²) < 4.78 is 30.5. The maximum atomic E-state index is 12.9. The summed E-state index contributed by atoms with van der Waals surface area (Å²) in [6, 6.07) is 0. The third kappa shape index (κ3) is 3.53. The average Bonchev–Trinajstić information content (AvgIpc) is 2.60. The molecule has 0 saturated carbocycles. The van der Waals surface area contributed by atoms with Crippen molar-refractivity contribution in [2.24, 2.45) is 5.92 Å². The number of hydrogen-bond donors (Lipinski definition) is 0. The highest BCUT2D eigenvalue weighted by Gasteiger charge is 2.48. The van der Waals surface area contributed by atoms with Crippen molar-refractivity contribution in [3.05, 3.63) is 18.2 Å². The van der Waals surface area contributed by atoms with Crippen LogP contribution in [-0.4, -0.2) is 61.2 Å². The summed E-state index contributed by atoms with van der Waals surface area (Å²) in [7, 11) is 0. The van der Waals surface area contributed by atoms with E-state index in [1.165, 1.54) is 12.4 Å². The first kappa shape index (κ1) is 16.2. The maximum Gasteiger partial charge on any atom is 0.225 e. The van der Waals surface area contributed by atoms with E-state index in [0.29, 0.717) is 11.9 Å². The van der Waals surface area contributed by atoms with Crippen LogP contribution in [0.25, 0.3) is 0 Å². The Balaban J connectivity index is 1.27. The number of nitrogens with zero attached hydrogens (tertiary/aromatic N) is 3. The molecular weight excluding hydrogens is 313 g/mol. The molecule has 132 valence electrons. The second-order valence-electron chi connectivity index (χ2n) is 7.09. The molecule has 7 heteroatoms. The topological polar surface area (TPSA) is 56.7 Å². The molecule has 0 aromatic carbocycles. The van der Waals surface area contributed by atoms with Crippen LogP contribution in [0.5, 0.6) is 0 Å². The lowest BCUT2D eigenvalue weighted by molar-refractivity contribution is -0.150. The van der Waals surface area contributed by atoms with Crippen molar-refractivity contribution in [3.8, 4) is 0 Å². The van der Waals surface area contributed by atoms with Crippen molar-refractivity contribution in [2.75, 3.05) is 44.4 Å². The lowest BCUT2D eigenvalue weighted by Gasteiger charge is -2.53. The number of hydrogen-bond acceptors (Lipinski definition) is 6. The lowest BCUT2D eigenvalue weighted by atomic mass is 9.85. The summed E-state index contributed by atoms with van der Waals surface area (Å²) in [6.07, 6.45) is 6.74. The largest absolute Gasteiger partial charge is 0.381 e. The van der Waals surface area contributed by atoms with E-state index in [0.717, 1.165) is 65.2 Å².